The van der Waals surface area contributed by atoms with E-state index < -0.39 is 16.1 Å². The molecule has 1 saturated carbocycles. The summed E-state index contributed by atoms with van der Waals surface area (Å²) in [7, 11) is -3.54. The van der Waals surface area contributed by atoms with Gasteiger partial charge in [-0.2, -0.15) is 0 Å². The molecule has 1 aliphatic carbocycles. The summed E-state index contributed by atoms with van der Waals surface area (Å²) >= 11 is 12.2. The molecule has 0 spiro atoms. The third kappa shape index (κ3) is 8.09. The van der Waals surface area contributed by atoms with Crippen molar-refractivity contribution < 1.29 is 18.0 Å². The second kappa shape index (κ2) is 13.0. The number of carbonyl (C=O) groups is 2. The zero-order valence-electron chi connectivity index (χ0n) is 21.5. The molecule has 7 nitrogen and oxygen atoms in total. The van der Waals surface area contributed by atoms with Crippen LogP contribution in [0.1, 0.15) is 56.6 Å². The van der Waals surface area contributed by atoms with Crippen LogP contribution in [-0.4, -0.2) is 50.0 Å². The highest BCUT2D eigenvalue weighted by Gasteiger charge is 2.29. The number of amides is 2. The minimum absolute atomic E-state index is 0.0836. The lowest BCUT2D eigenvalue weighted by Crippen LogP contribution is -2.49. The maximum atomic E-state index is 13.4. The SMILES string of the molecule is Cc1ccccc1N(CCCC(=O)N(Cc1ccc(Cl)c(Cl)c1)C(C)C(=O)NC1CCCC1)S(C)(=O)=O. The Kier molecular flexibility index (Phi) is 10.3. The molecule has 10 heteroatoms. The maximum Gasteiger partial charge on any atom is 0.242 e. The van der Waals surface area contributed by atoms with E-state index >= 15 is 0 Å². The first-order valence-electron chi connectivity index (χ1n) is 12.5. The molecule has 0 aliphatic heterocycles. The van der Waals surface area contributed by atoms with Crippen LogP contribution < -0.4 is 9.62 Å². The van der Waals surface area contributed by atoms with Crippen LogP contribution in [-0.2, 0) is 26.2 Å². The molecule has 1 aliphatic rings. The highest BCUT2D eigenvalue weighted by molar-refractivity contribution is 7.92. The minimum Gasteiger partial charge on any atom is -0.352 e. The number of hydrogen-bond acceptors (Lipinski definition) is 4. The molecule has 1 atom stereocenters. The van der Waals surface area contributed by atoms with E-state index in [1.54, 1.807) is 37.3 Å². The van der Waals surface area contributed by atoms with Crippen LogP contribution in [0.4, 0.5) is 5.69 Å². The Morgan fingerprint density at radius 1 is 1.08 bits per heavy atom. The van der Waals surface area contributed by atoms with E-state index in [0.29, 0.717) is 22.2 Å². The maximum absolute atomic E-state index is 13.4. The molecular weight excluding hydrogens is 533 g/mol. The monoisotopic (exact) mass is 567 g/mol. The molecule has 1 N–H and O–H groups in total. The van der Waals surface area contributed by atoms with Crippen LogP contribution in [0.25, 0.3) is 0 Å². The summed E-state index contributed by atoms with van der Waals surface area (Å²) < 4.78 is 26.4. The molecule has 1 unspecified atom stereocenters. The summed E-state index contributed by atoms with van der Waals surface area (Å²) in [4.78, 5) is 28.0. The van der Waals surface area contributed by atoms with Gasteiger partial charge in [0, 0.05) is 25.6 Å². The van der Waals surface area contributed by atoms with E-state index in [1.807, 2.05) is 19.1 Å². The van der Waals surface area contributed by atoms with Gasteiger partial charge in [-0.3, -0.25) is 13.9 Å². The average Bonchev–Trinajstić information content (AvgIpc) is 3.35. The second-order valence-electron chi connectivity index (χ2n) is 9.66. The van der Waals surface area contributed by atoms with Crippen molar-refractivity contribution in [1.82, 2.24) is 10.2 Å². The molecule has 0 bridgehead atoms. The van der Waals surface area contributed by atoms with Crippen LogP contribution in [0, 0.1) is 6.92 Å². The minimum atomic E-state index is -3.54. The van der Waals surface area contributed by atoms with Crippen molar-refractivity contribution in [3.8, 4) is 0 Å². The Labute approximate surface area is 230 Å². The molecule has 0 saturated heterocycles. The van der Waals surface area contributed by atoms with E-state index in [9.17, 15) is 18.0 Å². The standard InChI is InChI=1S/C27H35Cl2N3O4S/c1-19-9-4-7-12-25(19)32(37(3,35)36)16-8-13-26(33)31(18-21-14-15-23(28)24(29)17-21)20(2)27(34)30-22-10-5-6-11-22/h4,7,9,12,14-15,17,20,22H,5-6,8,10-11,13,16,18H2,1-3H3,(H,30,34). The van der Waals surface area contributed by atoms with E-state index in [1.165, 1.54) is 9.21 Å². The van der Waals surface area contributed by atoms with Crippen molar-refractivity contribution >= 4 is 50.7 Å². The Hall–Kier alpha value is -2.29. The fourth-order valence-corrected chi connectivity index (χ4v) is 5.98. The van der Waals surface area contributed by atoms with E-state index in [0.717, 1.165) is 43.1 Å². The molecule has 202 valence electrons. The van der Waals surface area contributed by atoms with E-state index in [-0.39, 0.29) is 37.4 Å². The number of hydrogen-bond donors (Lipinski definition) is 1. The van der Waals surface area contributed by atoms with Crippen LogP contribution in [0.3, 0.4) is 0 Å². The molecule has 3 rings (SSSR count). The van der Waals surface area contributed by atoms with Gasteiger partial charge in [-0.25, -0.2) is 8.42 Å². The first-order valence-corrected chi connectivity index (χ1v) is 15.1. The molecule has 0 aromatic heterocycles. The van der Waals surface area contributed by atoms with Crippen molar-refractivity contribution in [2.75, 3.05) is 17.1 Å². The van der Waals surface area contributed by atoms with Gasteiger partial charge in [0.25, 0.3) is 0 Å². The Morgan fingerprint density at radius 2 is 1.76 bits per heavy atom. The molecule has 2 aromatic rings. The Bertz CT molecular complexity index is 1220. The number of halogens is 2. The number of para-hydroxylation sites is 1. The third-order valence-corrected chi connectivity index (χ3v) is 8.66. The van der Waals surface area contributed by atoms with Gasteiger partial charge in [-0.15, -0.1) is 0 Å². The van der Waals surface area contributed by atoms with Gasteiger partial charge in [0.2, 0.25) is 21.8 Å². The molecule has 37 heavy (non-hydrogen) atoms. The number of nitrogens with zero attached hydrogens (tertiary/aromatic N) is 2. The number of carbonyl (C=O) groups excluding carboxylic acids is 2. The molecule has 1 fully saturated rings. The zero-order valence-corrected chi connectivity index (χ0v) is 23.9. The highest BCUT2D eigenvalue weighted by atomic mass is 35.5. The van der Waals surface area contributed by atoms with Crippen molar-refractivity contribution in [3.63, 3.8) is 0 Å². The van der Waals surface area contributed by atoms with Crippen LogP contribution in [0.15, 0.2) is 42.5 Å². The Balaban J connectivity index is 1.74. The van der Waals surface area contributed by atoms with Crippen molar-refractivity contribution in [2.24, 2.45) is 0 Å². The van der Waals surface area contributed by atoms with Crippen molar-refractivity contribution in [1.29, 1.82) is 0 Å². The first-order chi connectivity index (χ1) is 17.5. The molecule has 2 amide bonds. The summed E-state index contributed by atoms with van der Waals surface area (Å²) in [5.74, 6) is -0.434. The smallest absolute Gasteiger partial charge is 0.242 e. The van der Waals surface area contributed by atoms with Gasteiger partial charge in [0.1, 0.15) is 6.04 Å². The summed E-state index contributed by atoms with van der Waals surface area (Å²) in [6, 6.07) is 11.8. The highest BCUT2D eigenvalue weighted by Crippen LogP contribution is 2.25. The van der Waals surface area contributed by atoms with Gasteiger partial charge in [-0.1, -0.05) is 60.3 Å². The average molecular weight is 569 g/mol. The number of nitrogens with one attached hydrogen (secondary N) is 1. The third-order valence-electron chi connectivity index (χ3n) is 6.74. The lowest BCUT2D eigenvalue weighted by Gasteiger charge is -2.30. The molecule has 2 aromatic carbocycles. The van der Waals surface area contributed by atoms with Crippen LogP contribution >= 0.6 is 23.2 Å². The van der Waals surface area contributed by atoms with Gasteiger partial charge in [-0.05, 0) is 62.4 Å². The molecule has 0 radical (unpaired) electrons. The first kappa shape index (κ1) is 29.3. The fraction of sp³-hybridized carbons (Fsp3) is 0.481. The number of benzene rings is 2. The second-order valence-corrected chi connectivity index (χ2v) is 12.4. The van der Waals surface area contributed by atoms with Gasteiger partial charge in [0.05, 0.1) is 22.0 Å². The van der Waals surface area contributed by atoms with E-state index in [4.69, 9.17) is 23.2 Å². The predicted molar refractivity (Wildman–Crippen MR) is 149 cm³/mol. The van der Waals surface area contributed by atoms with Crippen LogP contribution in [0.5, 0.6) is 0 Å². The van der Waals surface area contributed by atoms with E-state index in [2.05, 4.69) is 5.32 Å². The number of rotatable bonds is 11. The normalized spacial score (nSPS) is 14.8. The lowest BCUT2D eigenvalue weighted by molar-refractivity contribution is -0.141. The van der Waals surface area contributed by atoms with Crippen LogP contribution in [0.2, 0.25) is 10.0 Å². The quantitative estimate of drug-likeness (QED) is 0.398. The zero-order chi connectivity index (χ0) is 27.2. The number of anilines is 1. The van der Waals surface area contributed by atoms with Gasteiger partial charge >= 0.3 is 0 Å². The molecule has 0 heterocycles. The van der Waals surface area contributed by atoms with Gasteiger partial charge < -0.3 is 10.2 Å². The predicted octanol–water partition coefficient (Wildman–Crippen LogP) is 5.32. The van der Waals surface area contributed by atoms with Gasteiger partial charge in [0.15, 0.2) is 0 Å². The largest absolute Gasteiger partial charge is 0.352 e. The summed E-state index contributed by atoms with van der Waals surface area (Å²) in [6.45, 7) is 3.90. The van der Waals surface area contributed by atoms with Crippen molar-refractivity contribution in [3.05, 3.63) is 63.6 Å². The topological polar surface area (TPSA) is 86.8 Å². The number of sulfonamides is 1. The molecular formula is C27H35Cl2N3O4S. The summed E-state index contributed by atoms with van der Waals surface area (Å²) in [5.41, 5.74) is 2.17. The van der Waals surface area contributed by atoms with Crippen molar-refractivity contribution in [2.45, 2.75) is 71.0 Å². The summed E-state index contributed by atoms with van der Waals surface area (Å²) in [5, 5.41) is 3.86. The number of aryl methyl sites for hydroxylation is 1. The summed E-state index contributed by atoms with van der Waals surface area (Å²) in [6.07, 6.45) is 5.60. The Morgan fingerprint density at radius 3 is 2.38 bits per heavy atom. The fourth-order valence-electron chi connectivity index (χ4n) is 4.63. The lowest BCUT2D eigenvalue weighted by atomic mass is 10.1.